The van der Waals surface area contributed by atoms with Crippen molar-refractivity contribution in [3.05, 3.63) is 117 Å². The van der Waals surface area contributed by atoms with Gasteiger partial charge >= 0.3 is 0 Å². The molecule has 0 amide bonds. The number of benzene rings is 4. The summed E-state index contributed by atoms with van der Waals surface area (Å²) in [4.78, 5) is 13.1. The SMILES string of the molecule is Cc1cc(OCc2cc(Br)cc3c2OCOC3)cc2c1C(=O)/C(=C/c1ccc(-c3ccccc3)cc1)O2. The van der Waals surface area contributed by atoms with E-state index < -0.39 is 0 Å². The van der Waals surface area contributed by atoms with E-state index in [0.29, 0.717) is 36.0 Å². The molecule has 2 aliphatic heterocycles. The molecular weight excluding hydrogens is 532 g/mol. The third-order valence-corrected chi connectivity index (χ3v) is 6.86. The molecule has 0 N–H and O–H groups in total. The Morgan fingerprint density at radius 1 is 0.973 bits per heavy atom. The Morgan fingerprint density at radius 3 is 2.57 bits per heavy atom. The Balaban J connectivity index is 1.21. The molecule has 5 nitrogen and oxygen atoms in total. The highest BCUT2D eigenvalue weighted by Gasteiger charge is 2.30. The minimum Gasteiger partial charge on any atom is -0.489 e. The predicted octanol–water partition coefficient (Wildman–Crippen LogP) is 7.49. The molecule has 0 unspecified atom stereocenters. The topological polar surface area (TPSA) is 54.0 Å². The average molecular weight is 555 g/mol. The second-order valence-corrected chi connectivity index (χ2v) is 9.91. The first kappa shape index (κ1) is 23.5. The molecule has 0 saturated heterocycles. The van der Waals surface area contributed by atoms with Crippen molar-refractivity contribution in [3.8, 4) is 28.4 Å². The van der Waals surface area contributed by atoms with Gasteiger partial charge in [0.05, 0.1) is 12.2 Å². The van der Waals surface area contributed by atoms with Crippen LogP contribution in [0.3, 0.4) is 0 Å². The molecule has 0 fully saturated rings. The normalized spacial score (nSPS) is 15.1. The average Bonchev–Trinajstić information content (AvgIpc) is 3.23. The zero-order valence-electron chi connectivity index (χ0n) is 20.1. The monoisotopic (exact) mass is 554 g/mol. The molecule has 2 heterocycles. The summed E-state index contributed by atoms with van der Waals surface area (Å²) in [5.74, 6) is 2.10. The molecule has 0 saturated carbocycles. The molecule has 184 valence electrons. The number of rotatable bonds is 5. The minimum atomic E-state index is -0.124. The van der Waals surface area contributed by atoms with Crippen LogP contribution < -0.4 is 14.2 Å². The van der Waals surface area contributed by atoms with Crippen LogP contribution in [0, 0.1) is 6.92 Å². The van der Waals surface area contributed by atoms with Gasteiger partial charge in [0.15, 0.2) is 12.6 Å². The Labute approximate surface area is 223 Å². The molecule has 2 aliphatic rings. The standard InChI is InChI=1S/C31H23BrO5/c1-19-11-26(35-17-24-14-25(32)13-23-16-34-18-36-31(23)24)15-27-29(19)30(33)28(37-27)12-20-7-9-22(10-8-20)21-5-3-2-4-6-21/h2-15H,16-18H2,1H3/b28-12-. The zero-order valence-corrected chi connectivity index (χ0v) is 21.7. The number of hydrogen-bond acceptors (Lipinski definition) is 5. The predicted molar refractivity (Wildman–Crippen MR) is 145 cm³/mol. The molecule has 6 rings (SSSR count). The Hall–Kier alpha value is -3.87. The lowest BCUT2D eigenvalue weighted by Crippen LogP contribution is -2.14. The van der Waals surface area contributed by atoms with E-state index in [9.17, 15) is 4.79 Å². The Kier molecular flexibility index (Phi) is 6.28. The van der Waals surface area contributed by atoms with Crippen molar-refractivity contribution in [2.75, 3.05) is 6.79 Å². The third kappa shape index (κ3) is 4.78. The van der Waals surface area contributed by atoms with Gasteiger partial charge in [-0.1, -0.05) is 70.5 Å². The van der Waals surface area contributed by atoms with Gasteiger partial charge < -0.3 is 18.9 Å². The molecular formula is C31H23BrO5. The maximum absolute atomic E-state index is 13.1. The van der Waals surface area contributed by atoms with Crippen LogP contribution in [0.15, 0.2) is 89.1 Å². The van der Waals surface area contributed by atoms with Crippen LogP contribution in [0.1, 0.15) is 32.6 Å². The zero-order chi connectivity index (χ0) is 25.4. The number of hydrogen-bond donors (Lipinski definition) is 0. The summed E-state index contributed by atoms with van der Waals surface area (Å²) in [6, 6.07) is 25.8. The summed E-state index contributed by atoms with van der Waals surface area (Å²) in [5, 5.41) is 0. The van der Waals surface area contributed by atoms with Crippen LogP contribution in [-0.2, 0) is 18.0 Å². The molecule has 4 aromatic carbocycles. The fourth-order valence-electron chi connectivity index (χ4n) is 4.64. The van der Waals surface area contributed by atoms with Crippen molar-refractivity contribution in [1.82, 2.24) is 0 Å². The van der Waals surface area contributed by atoms with Crippen molar-refractivity contribution >= 4 is 27.8 Å². The van der Waals surface area contributed by atoms with E-state index in [2.05, 4.69) is 28.1 Å². The Bertz CT molecular complexity index is 1520. The van der Waals surface area contributed by atoms with E-state index in [1.807, 2.05) is 67.6 Å². The fraction of sp³-hybridized carbons (Fsp3) is 0.129. The third-order valence-electron chi connectivity index (χ3n) is 6.41. The molecule has 6 heteroatoms. The van der Waals surface area contributed by atoms with Gasteiger partial charge in [-0.15, -0.1) is 0 Å². The van der Waals surface area contributed by atoms with E-state index >= 15 is 0 Å². The number of ether oxygens (including phenoxy) is 4. The molecule has 0 spiro atoms. The van der Waals surface area contributed by atoms with E-state index in [0.717, 1.165) is 43.6 Å². The number of ketones is 1. The number of fused-ring (bicyclic) bond motifs is 2. The van der Waals surface area contributed by atoms with Crippen LogP contribution >= 0.6 is 15.9 Å². The Morgan fingerprint density at radius 2 is 1.76 bits per heavy atom. The largest absolute Gasteiger partial charge is 0.489 e. The van der Waals surface area contributed by atoms with Crippen molar-refractivity contribution in [3.63, 3.8) is 0 Å². The van der Waals surface area contributed by atoms with Gasteiger partial charge in [0.25, 0.3) is 0 Å². The summed E-state index contributed by atoms with van der Waals surface area (Å²) in [6.07, 6.45) is 1.78. The van der Waals surface area contributed by atoms with Gasteiger partial charge in [-0.25, -0.2) is 0 Å². The van der Waals surface area contributed by atoms with Gasteiger partial charge in [0.2, 0.25) is 5.78 Å². The maximum Gasteiger partial charge on any atom is 0.232 e. The first-order valence-electron chi connectivity index (χ1n) is 11.9. The highest BCUT2D eigenvalue weighted by molar-refractivity contribution is 9.10. The van der Waals surface area contributed by atoms with Crippen molar-refractivity contribution in [2.24, 2.45) is 0 Å². The van der Waals surface area contributed by atoms with Gasteiger partial charge in [0, 0.05) is 21.7 Å². The highest BCUT2D eigenvalue weighted by Crippen LogP contribution is 2.39. The number of aryl methyl sites for hydroxylation is 1. The van der Waals surface area contributed by atoms with Crippen molar-refractivity contribution in [1.29, 1.82) is 0 Å². The summed E-state index contributed by atoms with van der Waals surface area (Å²) in [6.45, 7) is 2.93. The summed E-state index contributed by atoms with van der Waals surface area (Å²) in [7, 11) is 0. The minimum absolute atomic E-state index is 0.124. The van der Waals surface area contributed by atoms with Crippen molar-refractivity contribution in [2.45, 2.75) is 20.1 Å². The maximum atomic E-state index is 13.1. The van der Waals surface area contributed by atoms with E-state index in [1.54, 1.807) is 12.1 Å². The molecule has 37 heavy (non-hydrogen) atoms. The van der Waals surface area contributed by atoms with Crippen LogP contribution in [0.5, 0.6) is 17.2 Å². The first-order chi connectivity index (χ1) is 18.0. The molecule has 0 aromatic heterocycles. The first-order valence-corrected chi connectivity index (χ1v) is 12.7. The molecule has 0 atom stereocenters. The van der Waals surface area contributed by atoms with Gasteiger partial charge in [-0.3, -0.25) is 4.79 Å². The lowest BCUT2D eigenvalue weighted by atomic mass is 10.0. The van der Waals surface area contributed by atoms with Crippen LogP contribution in [0.4, 0.5) is 0 Å². The fourth-order valence-corrected chi connectivity index (χ4v) is 5.19. The molecule has 0 radical (unpaired) electrons. The van der Waals surface area contributed by atoms with E-state index in [-0.39, 0.29) is 12.6 Å². The smallest absolute Gasteiger partial charge is 0.232 e. The van der Waals surface area contributed by atoms with E-state index in [1.165, 1.54) is 0 Å². The van der Waals surface area contributed by atoms with Gasteiger partial charge in [0.1, 0.15) is 23.9 Å². The van der Waals surface area contributed by atoms with E-state index in [4.69, 9.17) is 18.9 Å². The van der Waals surface area contributed by atoms with Crippen LogP contribution in [-0.4, -0.2) is 12.6 Å². The second-order valence-electron chi connectivity index (χ2n) is 8.99. The molecule has 0 bridgehead atoms. The van der Waals surface area contributed by atoms with Crippen LogP contribution in [0.2, 0.25) is 0 Å². The summed E-state index contributed by atoms with van der Waals surface area (Å²) >= 11 is 3.55. The number of allylic oxidation sites excluding steroid dienone is 1. The molecule has 0 aliphatic carbocycles. The lowest BCUT2D eigenvalue weighted by Gasteiger charge is -2.21. The number of halogens is 1. The second kappa shape index (κ2) is 9.88. The quantitative estimate of drug-likeness (QED) is 0.239. The van der Waals surface area contributed by atoms with Gasteiger partial charge in [-0.2, -0.15) is 0 Å². The highest BCUT2D eigenvalue weighted by atomic mass is 79.9. The lowest BCUT2D eigenvalue weighted by molar-refractivity contribution is -0.0176. The van der Waals surface area contributed by atoms with Crippen molar-refractivity contribution < 1.29 is 23.7 Å². The number of carbonyl (C=O) groups excluding carboxylic acids is 1. The van der Waals surface area contributed by atoms with Crippen LogP contribution in [0.25, 0.3) is 17.2 Å². The van der Waals surface area contributed by atoms with Gasteiger partial charge in [-0.05, 0) is 53.5 Å². The summed E-state index contributed by atoms with van der Waals surface area (Å²) < 4.78 is 24.1. The summed E-state index contributed by atoms with van der Waals surface area (Å²) in [5.41, 5.74) is 6.43. The molecule has 4 aromatic rings. The number of Topliss-reactive ketones (excluding diaryl/α,β-unsaturated/α-hetero) is 1. The number of carbonyl (C=O) groups is 1.